The highest BCUT2D eigenvalue weighted by molar-refractivity contribution is 6.42. The first-order valence-corrected chi connectivity index (χ1v) is 14.2. The van der Waals surface area contributed by atoms with Gasteiger partial charge in [0.2, 0.25) is 5.95 Å². The van der Waals surface area contributed by atoms with Gasteiger partial charge in [-0.25, -0.2) is 18.3 Å². The molecule has 2 atom stereocenters. The van der Waals surface area contributed by atoms with Crippen LogP contribution < -0.4 is 16.2 Å². The summed E-state index contributed by atoms with van der Waals surface area (Å²) in [5, 5.41) is 6.29. The molecule has 2 amide bonds. The zero-order chi connectivity index (χ0) is 31.0. The highest BCUT2D eigenvalue weighted by Gasteiger charge is 2.32. The van der Waals surface area contributed by atoms with E-state index >= 15 is 0 Å². The van der Waals surface area contributed by atoms with Crippen LogP contribution in [0.1, 0.15) is 57.4 Å². The Hall–Kier alpha value is -4.28. The Balaban J connectivity index is 1.58. The Labute approximate surface area is 256 Å². The molecule has 222 valence electrons. The number of halogens is 4. The van der Waals surface area contributed by atoms with Gasteiger partial charge in [0, 0.05) is 29.8 Å². The number of rotatable bonds is 6. The molecule has 2 heterocycles. The zero-order valence-corrected chi connectivity index (χ0v) is 24.9. The normalized spacial score (nSPS) is 15.0. The fourth-order valence-corrected chi connectivity index (χ4v) is 5.32. The molecule has 5 rings (SSSR count). The highest BCUT2D eigenvalue weighted by atomic mass is 35.5. The Morgan fingerprint density at radius 3 is 2.33 bits per heavy atom. The minimum atomic E-state index is -1.00. The van der Waals surface area contributed by atoms with Gasteiger partial charge in [-0.1, -0.05) is 29.3 Å². The average Bonchev–Trinajstić information content (AvgIpc) is 2.99. The lowest BCUT2D eigenvalue weighted by molar-refractivity contribution is 0.0653. The first-order chi connectivity index (χ1) is 20.5. The molecular weight excluding hydrogens is 599 g/mol. The van der Waals surface area contributed by atoms with E-state index in [9.17, 15) is 23.2 Å². The van der Waals surface area contributed by atoms with Crippen LogP contribution in [-0.2, 0) is 13.0 Å². The molecule has 0 fully saturated rings. The van der Waals surface area contributed by atoms with E-state index in [1.54, 1.807) is 48.2 Å². The van der Waals surface area contributed by atoms with E-state index in [4.69, 9.17) is 28.2 Å². The third kappa shape index (κ3) is 5.98. The summed E-state index contributed by atoms with van der Waals surface area (Å²) in [6.07, 6.45) is 0.240. The fourth-order valence-electron chi connectivity index (χ4n) is 5.03. The zero-order valence-electron chi connectivity index (χ0n) is 23.4. The van der Waals surface area contributed by atoms with Gasteiger partial charge in [0.25, 0.3) is 17.4 Å². The quantitative estimate of drug-likeness (QED) is 0.277. The topological polar surface area (TPSA) is 96.3 Å². The van der Waals surface area contributed by atoms with E-state index in [0.29, 0.717) is 38.7 Å². The van der Waals surface area contributed by atoms with Crippen molar-refractivity contribution >= 4 is 41.0 Å². The lowest BCUT2D eigenvalue weighted by Crippen LogP contribution is -2.46. The Bertz CT molecular complexity index is 1800. The molecule has 3 aromatic carbocycles. The SMILES string of the molecule is CNC(=O)c1ccc(-n2c(N[C@@H](C)c3ccc(F)c(F)c3)nc3c(c2=O)C[C@@H](C)N(C(=O)c2ccc(Cl)c(Cl)c2)C3)cc1. The Morgan fingerprint density at radius 1 is 0.977 bits per heavy atom. The number of aromatic nitrogens is 2. The van der Waals surface area contributed by atoms with Crippen LogP contribution >= 0.6 is 23.2 Å². The number of hydrogen-bond acceptors (Lipinski definition) is 5. The average molecular weight is 626 g/mol. The third-order valence-corrected chi connectivity index (χ3v) is 8.18. The molecule has 0 unspecified atom stereocenters. The van der Waals surface area contributed by atoms with Gasteiger partial charge in [0.1, 0.15) is 0 Å². The molecule has 0 bridgehead atoms. The van der Waals surface area contributed by atoms with E-state index in [-0.39, 0.29) is 47.4 Å². The maximum absolute atomic E-state index is 14.1. The van der Waals surface area contributed by atoms with Gasteiger partial charge in [-0.05, 0) is 80.4 Å². The number of nitrogens with one attached hydrogen (secondary N) is 2. The molecule has 1 aliphatic heterocycles. The van der Waals surface area contributed by atoms with Crippen molar-refractivity contribution in [3.8, 4) is 5.69 Å². The molecule has 43 heavy (non-hydrogen) atoms. The van der Waals surface area contributed by atoms with Crippen molar-refractivity contribution in [3.63, 3.8) is 0 Å². The molecule has 2 N–H and O–H groups in total. The number of carbonyl (C=O) groups excluding carboxylic acids is 2. The number of anilines is 1. The summed E-state index contributed by atoms with van der Waals surface area (Å²) in [5.41, 5.74) is 2.10. The van der Waals surface area contributed by atoms with Crippen LogP contribution in [0.3, 0.4) is 0 Å². The van der Waals surface area contributed by atoms with E-state index in [1.165, 1.54) is 23.7 Å². The number of fused-ring (bicyclic) bond motifs is 1. The number of carbonyl (C=O) groups is 2. The molecule has 0 spiro atoms. The number of hydrogen-bond donors (Lipinski definition) is 2. The van der Waals surface area contributed by atoms with Crippen LogP contribution in [0.4, 0.5) is 14.7 Å². The summed E-state index contributed by atoms with van der Waals surface area (Å²) >= 11 is 12.2. The van der Waals surface area contributed by atoms with Gasteiger partial charge in [0.15, 0.2) is 11.6 Å². The Kier molecular flexibility index (Phi) is 8.52. The maximum atomic E-state index is 14.1. The second-order valence-electron chi connectivity index (χ2n) is 10.3. The molecule has 0 saturated carbocycles. The van der Waals surface area contributed by atoms with Gasteiger partial charge in [-0.2, -0.15) is 0 Å². The van der Waals surface area contributed by atoms with Gasteiger partial charge in [-0.15, -0.1) is 0 Å². The van der Waals surface area contributed by atoms with Crippen molar-refractivity contribution in [3.05, 3.63) is 121 Å². The lowest BCUT2D eigenvalue weighted by atomic mass is 9.98. The predicted octanol–water partition coefficient (Wildman–Crippen LogP) is 5.94. The van der Waals surface area contributed by atoms with Crippen molar-refractivity contribution in [2.75, 3.05) is 12.4 Å². The van der Waals surface area contributed by atoms with Crippen LogP contribution in [-0.4, -0.2) is 39.4 Å². The third-order valence-electron chi connectivity index (χ3n) is 7.45. The summed E-state index contributed by atoms with van der Waals surface area (Å²) in [7, 11) is 1.52. The van der Waals surface area contributed by atoms with Crippen molar-refractivity contribution in [1.82, 2.24) is 19.8 Å². The summed E-state index contributed by atoms with van der Waals surface area (Å²) in [6.45, 7) is 3.62. The van der Waals surface area contributed by atoms with Crippen LogP contribution in [0, 0.1) is 11.6 Å². The van der Waals surface area contributed by atoms with Gasteiger partial charge < -0.3 is 15.5 Å². The molecular formula is C31H27Cl2F2N5O3. The largest absolute Gasteiger partial charge is 0.355 e. The minimum Gasteiger partial charge on any atom is -0.355 e. The molecule has 0 radical (unpaired) electrons. The first kappa shape index (κ1) is 30.2. The predicted molar refractivity (Wildman–Crippen MR) is 161 cm³/mol. The van der Waals surface area contributed by atoms with Gasteiger partial charge >= 0.3 is 0 Å². The van der Waals surface area contributed by atoms with E-state index < -0.39 is 17.7 Å². The van der Waals surface area contributed by atoms with Crippen LogP contribution in [0.5, 0.6) is 0 Å². The molecule has 0 aliphatic carbocycles. The summed E-state index contributed by atoms with van der Waals surface area (Å²) in [4.78, 5) is 46.0. The highest BCUT2D eigenvalue weighted by Crippen LogP contribution is 2.29. The number of nitrogens with zero attached hydrogens (tertiary/aromatic N) is 3. The minimum absolute atomic E-state index is 0.0511. The Morgan fingerprint density at radius 2 is 1.67 bits per heavy atom. The second kappa shape index (κ2) is 12.1. The van der Waals surface area contributed by atoms with Crippen LogP contribution in [0.15, 0.2) is 65.5 Å². The lowest BCUT2D eigenvalue weighted by Gasteiger charge is -2.35. The van der Waals surface area contributed by atoms with Crippen LogP contribution in [0.25, 0.3) is 5.69 Å². The van der Waals surface area contributed by atoms with Gasteiger partial charge in [0.05, 0.1) is 34.0 Å². The smallest absolute Gasteiger partial charge is 0.263 e. The molecule has 1 aromatic heterocycles. The standard InChI is InChI=1S/C31H27Cl2F2N5O3/c1-16-12-22-27(15-39(16)29(42)20-6-10-23(32)24(33)13-20)38-31(37-17(2)19-7-11-25(34)26(35)14-19)40(30(22)43)21-8-4-18(5-9-21)28(41)36-3/h4-11,13-14,16-17H,12,15H2,1-3H3,(H,36,41)(H,37,38)/t16-,17+/m1/s1. The van der Waals surface area contributed by atoms with Crippen LogP contribution in [0.2, 0.25) is 10.0 Å². The molecule has 0 saturated heterocycles. The fraction of sp³-hybridized carbons (Fsp3) is 0.226. The van der Waals surface area contributed by atoms with Crippen molar-refractivity contribution in [2.45, 2.75) is 38.9 Å². The summed E-state index contributed by atoms with van der Waals surface area (Å²) in [6, 6.07) is 13.7. The van der Waals surface area contributed by atoms with E-state index in [1.807, 2.05) is 6.92 Å². The molecule has 1 aliphatic rings. The summed E-state index contributed by atoms with van der Waals surface area (Å²) < 4.78 is 29.0. The maximum Gasteiger partial charge on any atom is 0.263 e. The molecule has 4 aromatic rings. The monoisotopic (exact) mass is 625 g/mol. The molecule has 12 heteroatoms. The molecule has 8 nitrogen and oxygen atoms in total. The van der Waals surface area contributed by atoms with Crippen molar-refractivity contribution in [2.24, 2.45) is 0 Å². The van der Waals surface area contributed by atoms with Crippen molar-refractivity contribution < 1.29 is 18.4 Å². The first-order valence-electron chi connectivity index (χ1n) is 13.4. The van der Waals surface area contributed by atoms with Crippen molar-refractivity contribution in [1.29, 1.82) is 0 Å². The van der Waals surface area contributed by atoms with Gasteiger partial charge in [-0.3, -0.25) is 14.4 Å². The second-order valence-corrected chi connectivity index (χ2v) is 11.1. The summed E-state index contributed by atoms with van der Waals surface area (Å²) in [5.74, 6) is -2.43. The number of benzene rings is 3. The van der Waals surface area contributed by atoms with E-state index in [2.05, 4.69) is 10.6 Å². The van der Waals surface area contributed by atoms with E-state index in [0.717, 1.165) is 12.1 Å². The number of amides is 2.